The van der Waals surface area contributed by atoms with Gasteiger partial charge in [0.2, 0.25) is 0 Å². The summed E-state index contributed by atoms with van der Waals surface area (Å²) >= 11 is 0. The summed E-state index contributed by atoms with van der Waals surface area (Å²) < 4.78 is 26.5. The predicted molar refractivity (Wildman–Crippen MR) is 86.0 cm³/mol. The van der Waals surface area contributed by atoms with E-state index in [1.54, 1.807) is 4.90 Å². The van der Waals surface area contributed by atoms with Gasteiger partial charge < -0.3 is 10.2 Å². The third kappa shape index (κ3) is 3.67. The van der Waals surface area contributed by atoms with Gasteiger partial charge in [0, 0.05) is 19.2 Å². The Bertz CT molecular complexity index is 736. The monoisotopic (exact) mass is 332 g/mol. The Kier molecular flexibility index (Phi) is 4.69. The lowest BCUT2D eigenvalue weighted by molar-refractivity contribution is 0.0676. The molecule has 3 rings (SSSR count). The van der Waals surface area contributed by atoms with Gasteiger partial charge in [-0.2, -0.15) is 0 Å². The number of nitrogens with one attached hydrogen (secondary N) is 1. The number of aromatic nitrogens is 2. The van der Waals surface area contributed by atoms with Crippen LogP contribution in [-0.2, 0) is 0 Å². The van der Waals surface area contributed by atoms with Crippen LogP contribution in [0.4, 0.5) is 20.3 Å². The number of benzene rings is 1. The fraction of sp³-hybridized carbons (Fsp3) is 0.353. The Morgan fingerprint density at radius 2 is 2.12 bits per heavy atom. The maximum atomic E-state index is 13.6. The molecule has 1 saturated heterocycles. The van der Waals surface area contributed by atoms with Gasteiger partial charge in [-0.15, -0.1) is 0 Å². The van der Waals surface area contributed by atoms with Crippen molar-refractivity contribution in [2.75, 3.05) is 18.4 Å². The van der Waals surface area contributed by atoms with Gasteiger partial charge >= 0.3 is 0 Å². The maximum Gasteiger partial charge on any atom is 0.274 e. The molecule has 1 N–H and O–H groups in total. The second-order valence-electron chi connectivity index (χ2n) is 6.03. The fourth-order valence-electron chi connectivity index (χ4n) is 2.77. The van der Waals surface area contributed by atoms with Crippen LogP contribution in [0, 0.1) is 17.6 Å². The molecule has 1 amide bonds. The second-order valence-corrected chi connectivity index (χ2v) is 6.03. The minimum atomic E-state index is -0.723. The molecule has 1 aromatic carbocycles. The van der Waals surface area contributed by atoms with Crippen LogP contribution in [0.15, 0.2) is 30.6 Å². The largest absolute Gasteiger partial charge is 0.337 e. The number of piperidine rings is 1. The van der Waals surface area contributed by atoms with E-state index in [0.29, 0.717) is 5.92 Å². The van der Waals surface area contributed by atoms with Crippen molar-refractivity contribution in [2.24, 2.45) is 5.92 Å². The van der Waals surface area contributed by atoms with Crippen molar-refractivity contribution < 1.29 is 13.6 Å². The molecular weight excluding hydrogens is 314 g/mol. The van der Waals surface area contributed by atoms with Gasteiger partial charge in [-0.1, -0.05) is 6.92 Å². The van der Waals surface area contributed by atoms with E-state index >= 15 is 0 Å². The standard InChI is InChI=1S/C17H18F2N4O/c1-11-3-2-6-23(10-11)17(24)15-8-21-16(9-20-15)22-14-5-4-12(18)7-13(14)19/h4-5,7-9,11H,2-3,6,10H2,1H3,(H,21,22). The molecule has 0 bridgehead atoms. The molecule has 2 heterocycles. The molecule has 0 saturated carbocycles. The highest BCUT2D eigenvalue weighted by atomic mass is 19.1. The fourth-order valence-corrected chi connectivity index (χ4v) is 2.77. The van der Waals surface area contributed by atoms with Crippen molar-refractivity contribution in [3.63, 3.8) is 0 Å². The van der Waals surface area contributed by atoms with Crippen molar-refractivity contribution in [3.8, 4) is 0 Å². The molecule has 24 heavy (non-hydrogen) atoms. The molecule has 0 aliphatic carbocycles. The van der Waals surface area contributed by atoms with E-state index in [4.69, 9.17) is 0 Å². The van der Waals surface area contributed by atoms with Gasteiger partial charge in [0.1, 0.15) is 23.1 Å². The Morgan fingerprint density at radius 1 is 1.29 bits per heavy atom. The first-order chi connectivity index (χ1) is 11.5. The normalized spacial score (nSPS) is 17.6. The number of carbonyl (C=O) groups excluding carboxylic acids is 1. The molecule has 1 atom stereocenters. The number of hydrogen-bond acceptors (Lipinski definition) is 4. The molecule has 1 aliphatic heterocycles. The van der Waals surface area contributed by atoms with Crippen molar-refractivity contribution in [1.29, 1.82) is 0 Å². The summed E-state index contributed by atoms with van der Waals surface area (Å²) in [5.41, 5.74) is 0.351. The molecule has 0 spiro atoms. The number of rotatable bonds is 3. The molecule has 0 radical (unpaired) electrons. The topological polar surface area (TPSA) is 58.1 Å². The van der Waals surface area contributed by atoms with Crippen molar-refractivity contribution in [2.45, 2.75) is 19.8 Å². The number of nitrogens with zero attached hydrogens (tertiary/aromatic N) is 3. The Morgan fingerprint density at radius 3 is 2.79 bits per heavy atom. The van der Waals surface area contributed by atoms with Crippen molar-refractivity contribution in [1.82, 2.24) is 14.9 Å². The van der Waals surface area contributed by atoms with Crippen LogP contribution >= 0.6 is 0 Å². The highest BCUT2D eigenvalue weighted by Crippen LogP contribution is 2.20. The van der Waals surface area contributed by atoms with E-state index in [-0.39, 0.29) is 23.1 Å². The van der Waals surface area contributed by atoms with Crippen molar-refractivity contribution in [3.05, 3.63) is 47.9 Å². The lowest BCUT2D eigenvalue weighted by atomic mass is 10.0. The highest BCUT2D eigenvalue weighted by Gasteiger charge is 2.23. The molecule has 7 heteroatoms. The summed E-state index contributed by atoms with van der Waals surface area (Å²) in [6.07, 6.45) is 4.85. The second kappa shape index (κ2) is 6.90. The minimum Gasteiger partial charge on any atom is -0.337 e. The summed E-state index contributed by atoms with van der Waals surface area (Å²) in [7, 11) is 0. The van der Waals surface area contributed by atoms with Crippen LogP contribution in [0.5, 0.6) is 0 Å². The van der Waals surface area contributed by atoms with Crippen LogP contribution < -0.4 is 5.32 Å². The van der Waals surface area contributed by atoms with Crippen LogP contribution in [0.25, 0.3) is 0 Å². The van der Waals surface area contributed by atoms with E-state index in [1.807, 2.05) is 0 Å². The zero-order chi connectivity index (χ0) is 17.1. The molecule has 126 valence electrons. The van der Waals surface area contributed by atoms with E-state index in [9.17, 15) is 13.6 Å². The first kappa shape index (κ1) is 16.3. The number of likely N-dealkylation sites (tertiary alicyclic amines) is 1. The lowest BCUT2D eigenvalue weighted by Gasteiger charge is -2.30. The third-order valence-corrected chi connectivity index (χ3v) is 4.01. The molecule has 1 fully saturated rings. The predicted octanol–water partition coefficient (Wildman–Crippen LogP) is 3.37. The van der Waals surface area contributed by atoms with E-state index < -0.39 is 11.6 Å². The Hall–Kier alpha value is -2.57. The van der Waals surface area contributed by atoms with Crippen LogP contribution in [-0.4, -0.2) is 33.9 Å². The lowest BCUT2D eigenvalue weighted by Crippen LogP contribution is -2.39. The highest BCUT2D eigenvalue weighted by molar-refractivity contribution is 5.92. The zero-order valence-corrected chi connectivity index (χ0v) is 13.3. The van der Waals surface area contributed by atoms with Gasteiger partial charge in [-0.05, 0) is 30.9 Å². The number of anilines is 2. The van der Waals surface area contributed by atoms with E-state index in [2.05, 4.69) is 22.2 Å². The molecule has 2 aromatic rings. The number of carbonyl (C=O) groups is 1. The summed E-state index contributed by atoms with van der Waals surface area (Å²) in [6.45, 7) is 3.57. The van der Waals surface area contributed by atoms with Crippen LogP contribution in [0.3, 0.4) is 0 Å². The summed E-state index contributed by atoms with van der Waals surface area (Å²) in [5, 5.41) is 2.71. The summed E-state index contributed by atoms with van der Waals surface area (Å²) in [6, 6.07) is 3.21. The third-order valence-electron chi connectivity index (χ3n) is 4.01. The van der Waals surface area contributed by atoms with E-state index in [1.165, 1.54) is 18.5 Å². The SMILES string of the molecule is CC1CCCN(C(=O)c2cnc(Nc3ccc(F)cc3F)cn2)C1. The first-order valence-electron chi connectivity index (χ1n) is 7.86. The molecule has 1 unspecified atom stereocenters. The van der Waals surface area contributed by atoms with Gasteiger partial charge in [-0.3, -0.25) is 4.79 Å². The number of amides is 1. The summed E-state index contributed by atoms with van der Waals surface area (Å²) in [5.74, 6) is -0.754. The average molecular weight is 332 g/mol. The summed E-state index contributed by atoms with van der Waals surface area (Å²) in [4.78, 5) is 22.4. The maximum absolute atomic E-state index is 13.6. The first-order valence-corrected chi connectivity index (χ1v) is 7.86. The molecule has 1 aliphatic rings. The average Bonchev–Trinajstić information content (AvgIpc) is 2.57. The van der Waals surface area contributed by atoms with Gasteiger partial charge in [0.05, 0.1) is 18.1 Å². The quantitative estimate of drug-likeness (QED) is 0.936. The van der Waals surface area contributed by atoms with Crippen LogP contribution in [0.1, 0.15) is 30.3 Å². The Labute approximate surface area is 138 Å². The smallest absolute Gasteiger partial charge is 0.274 e. The van der Waals surface area contributed by atoms with Crippen molar-refractivity contribution >= 4 is 17.4 Å². The zero-order valence-electron chi connectivity index (χ0n) is 13.3. The van der Waals surface area contributed by atoms with Gasteiger partial charge in [-0.25, -0.2) is 18.7 Å². The van der Waals surface area contributed by atoms with Gasteiger partial charge in [0.25, 0.3) is 5.91 Å². The van der Waals surface area contributed by atoms with Crippen LogP contribution in [0.2, 0.25) is 0 Å². The molecule has 1 aromatic heterocycles. The van der Waals surface area contributed by atoms with E-state index in [0.717, 1.165) is 38.1 Å². The van der Waals surface area contributed by atoms with Gasteiger partial charge in [0.15, 0.2) is 0 Å². The molecule has 5 nitrogen and oxygen atoms in total. The number of halogens is 2. The number of hydrogen-bond donors (Lipinski definition) is 1. The Balaban J connectivity index is 1.69. The molecular formula is C17H18F2N4O. The minimum absolute atomic E-state index is 0.0923.